The third-order valence-electron chi connectivity index (χ3n) is 3.76. The number of aromatic nitrogens is 2. The molecule has 0 fully saturated rings. The number of H-pyrrole nitrogens is 1. The summed E-state index contributed by atoms with van der Waals surface area (Å²) in [5, 5.41) is 5.99. The largest absolute Gasteiger partial charge is 0.491 e. The molecule has 0 aliphatic carbocycles. The average Bonchev–Trinajstić information content (AvgIpc) is 3.05. The zero-order chi connectivity index (χ0) is 21.0. The molecule has 152 valence electrons. The molecule has 1 heterocycles. The fourth-order valence-electron chi connectivity index (χ4n) is 2.57. The molecule has 9 heteroatoms. The van der Waals surface area contributed by atoms with Gasteiger partial charge in [-0.2, -0.15) is 5.10 Å². The highest BCUT2D eigenvalue weighted by Gasteiger charge is 2.11. The van der Waals surface area contributed by atoms with E-state index < -0.39 is 0 Å². The second-order valence-corrected chi connectivity index (χ2v) is 8.77. The first-order valence-corrected chi connectivity index (χ1v) is 10.6. The van der Waals surface area contributed by atoms with Gasteiger partial charge in [-0.05, 0) is 42.8 Å². The first kappa shape index (κ1) is 21.5. The zero-order valence-electron chi connectivity index (χ0n) is 16.1. The van der Waals surface area contributed by atoms with Crippen LogP contribution in [0.5, 0.6) is 5.75 Å². The van der Waals surface area contributed by atoms with E-state index in [2.05, 4.69) is 34.3 Å². The molecule has 0 aliphatic heterocycles. The van der Waals surface area contributed by atoms with Gasteiger partial charge in [0, 0.05) is 10.8 Å². The van der Waals surface area contributed by atoms with Crippen LogP contribution in [0.3, 0.4) is 0 Å². The fraction of sp³-hybridized carbons (Fsp3) is 0.250. The molecule has 0 spiro atoms. The number of nitrogens with one attached hydrogen (secondary N) is 2. The molecule has 0 aliphatic rings. The smallest absolute Gasteiger partial charge is 0.271 e. The summed E-state index contributed by atoms with van der Waals surface area (Å²) in [7, 11) is 0. The molecule has 2 N–H and O–H groups in total. The minimum absolute atomic E-state index is 0.334. The average molecular weight is 451 g/mol. The highest BCUT2D eigenvalue weighted by molar-refractivity contribution is 7.99. The van der Waals surface area contributed by atoms with Gasteiger partial charge in [0.25, 0.3) is 5.91 Å². The van der Waals surface area contributed by atoms with Gasteiger partial charge in [0.1, 0.15) is 0 Å². The van der Waals surface area contributed by atoms with Crippen molar-refractivity contribution in [3.8, 4) is 5.75 Å². The number of nitrogens with zero attached hydrogens (tertiary/aromatic N) is 2. The molecule has 1 aromatic heterocycles. The van der Waals surface area contributed by atoms with Crippen molar-refractivity contribution in [2.75, 3.05) is 6.61 Å². The number of imidazole rings is 1. The Morgan fingerprint density at radius 1 is 1.31 bits per heavy atom. The van der Waals surface area contributed by atoms with Crippen LogP contribution in [0.4, 0.5) is 0 Å². The topological polar surface area (TPSA) is 79.4 Å². The summed E-state index contributed by atoms with van der Waals surface area (Å²) in [4.78, 5) is 20.1. The standard InChI is InChI=1S/C20H20Cl2N4O2S/c1-4-28-18-14(21)7-12(8-15(18)22)10-23-26-19(27)13-5-6-16-17(9-13)25-20(24-16)29-11(2)3/h5-11H,4H2,1-3H3,(H,24,25)(H,26,27)/b23-10-. The zero-order valence-corrected chi connectivity index (χ0v) is 18.5. The van der Waals surface area contributed by atoms with Crippen molar-refractivity contribution in [2.24, 2.45) is 5.10 Å². The quantitative estimate of drug-likeness (QED) is 0.281. The minimum atomic E-state index is -0.334. The highest BCUT2D eigenvalue weighted by atomic mass is 35.5. The number of halogens is 2. The van der Waals surface area contributed by atoms with Crippen molar-refractivity contribution in [1.82, 2.24) is 15.4 Å². The van der Waals surface area contributed by atoms with Gasteiger partial charge in [0.2, 0.25) is 0 Å². The Bertz CT molecular complexity index is 1040. The third-order valence-corrected chi connectivity index (χ3v) is 5.21. The maximum Gasteiger partial charge on any atom is 0.271 e. The van der Waals surface area contributed by atoms with Crippen molar-refractivity contribution in [1.29, 1.82) is 0 Å². The van der Waals surface area contributed by atoms with Crippen molar-refractivity contribution < 1.29 is 9.53 Å². The number of fused-ring (bicyclic) bond motifs is 1. The van der Waals surface area contributed by atoms with Crippen LogP contribution in [0.1, 0.15) is 36.7 Å². The van der Waals surface area contributed by atoms with E-state index >= 15 is 0 Å². The summed E-state index contributed by atoms with van der Waals surface area (Å²) >= 11 is 14.0. The van der Waals surface area contributed by atoms with Gasteiger partial charge >= 0.3 is 0 Å². The number of hydrogen-bond donors (Lipinski definition) is 2. The van der Waals surface area contributed by atoms with E-state index in [4.69, 9.17) is 27.9 Å². The monoisotopic (exact) mass is 450 g/mol. The summed E-state index contributed by atoms with van der Waals surface area (Å²) in [6, 6.07) is 8.60. The molecule has 0 unspecified atom stereocenters. The third kappa shape index (κ3) is 5.44. The summed E-state index contributed by atoms with van der Waals surface area (Å²) in [5.41, 5.74) is 5.23. The minimum Gasteiger partial charge on any atom is -0.491 e. The lowest BCUT2D eigenvalue weighted by molar-refractivity contribution is 0.0955. The Morgan fingerprint density at radius 3 is 2.69 bits per heavy atom. The SMILES string of the molecule is CCOc1c(Cl)cc(/C=N\NC(=O)c2ccc3nc(SC(C)C)[nH]c3c2)cc1Cl. The van der Waals surface area contributed by atoms with E-state index in [9.17, 15) is 4.79 Å². The van der Waals surface area contributed by atoms with Gasteiger partial charge in [0.05, 0.1) is 33.9 Å². The number of carbonyl (C=O) groups is 1. The maximum absolute atomic E-state index is 12.4. The molecule has 29 heavy (non-hydrogen) atoms. The molecular weight excluding hydrogens is 431 g/mol. The molecule has 1 amide bonds. The Kier molecular flexibility index (Phi) is 7.05. The highest BCUT2D eigenvalue weighted by Crippen LogP contribution is 2.33. The number of benzene rings is 2. The molecule has 3 aromatic rings. The summed E-state index contributed by atoms with van der Waals surface area (Å²) in [6.07, 6.45) is 1.47. The lowest BCUT2D eigenvalue weighted by Gasteiger charge is -2.08. The molecule has 0 radical (unpaired) electrons. The lowest BCUT2D eigenvalue weighted by atomic mass is 10.2. The van der Waals surface area contributed by atoms with Gasteiger partial charge in [-0.15, -0.1) is 0 Å². The van der Waals surface area contributed by atoms with Crippen molar-refractivity contribution in [3.63, 3.8) is 0 Å². The molecule has 0 saturated heterocycles. The second-order valence-electron chi connectivity index (χ2n) is 6.39. The van der Waals surface area contributed by atoms with Crippen molar-refractivity contribution >= 4 is 58.1 Å². The number of amides is 1. The molecule has 2 aromatic carbocycles. The van der Waals surface area contributed by atoms with Gasteiger partial charge < -0.3 is 9.72 Å². The number of hydrogen-bond acceptors (Lipinski definition) is 5. The lowest BCUT2D eigenvalue weighted by Crippen LogP contribution is -2.17. The summed E-state index contributed by atoms with van der Waals surface area (Å²) in [5.74, 6) is 0.0961. The number of hydrazone groups is 1. The van der Waals surface area contributed by atoms with Crippen LogP contribution in [-0.2, 0) is 0 Å². The maximum atomic E-state index is 12.4. The molecule has 3 rings (SSSR count). The van der Waals surface area contributed by atoms with Gasteiger partial charge in [-0.1, -0.05) is 48.8 Å². The molecule has 6 nitrogen and oxygen atoms in total. The summed E-state index contributed by atoms with van der Waals surface area (Å²) in [6.45, 7) is 6.50. The van der Waals surface area contributed by atoms with E-state index in [0.717, 1.165) is 16.2 Å². The van der Waals surface area contributed by atoms with E-state index in [0.29, 0.717) is 38.8 Å². The van der Waals surface area contributed by atoms with Crippen LogP contribution in [0.2, 0.25) is 10.0 Å². The Balaban J connectivity index is 1.70. The number of ether oxygens (including phenoxy) is 1. The Hall–Kier alpha value is -2.22. The van der Waals surface area contributed by atoms with E-state index in [1.165, 1.54) is 6.21 Å². The molecule has 0 bridgehead atoms. The molecule has 0 saturated carbocycles. The summed E-state index contributed by atoms with van der Waals surface area (Å²) < 4.78 is 5.39. The van der Waals surface area contributed by atoms with Crippen LogP contribution in [0, 0.1) is 0 Å². The first-order chi connectivity index (χ1) is 13.9. The van der Waals surface area contributed by atoms with Gasteiger partial charge in [-0.25, -0.2) is 10.4 Å². The number of aromatic amines is 1. The van der Waals surface area contributed by atoms with Gasteiger partial charge in [-0.3, -0.25) is 4.79 Å². The van der Waals surface area contributed by atoms with E-state index in [1.54, 1.807) is 42.1 Å². The number of rotatable bonds is 7. The Labute approximate surface area is 183 Å². The van der Waals surface area contributed by atoms with E-state index in [1.807, 2.05) is 6.92 Å². The van der Waals surface area contributed by atoms with Crippen molar-refractivity contribution in [3.05, 3.63) is 51.5 Å². The fourth-order valence-corrected chi connectivity index (χ4v) is 3.95. The van der Waals surface area contributed by atoms with Crippen LogP contribution in [-0.4, -0.2) is 33.9 Å². The van der Waals surface area contributed by atoms with Crippen LogP contribution >= 0.6 is 35.0 Å². The van der Waals surface area contributed by atoms with Crippen LogP contribution in [0.15, 0.2) is 40.6 Å². The number of carbonyl (C=O) groups excluding carboxylic acids is 1. The number of thioether (sulfide) groups is 1. The van der Waals surface area contributed by atoms with Crippen molar-refractivity contribution in [2.45, 2.75) is 31.2 Å². The Morgan fingerprint density at radius 2 is 2.03 bits per heavy atom. The van der Waals surface area contributed by atoms with Crippen LogP contribution < -0.4 is 10.2 Å². The predicted molar refractivity (Wildman–Crippen MR) is 120 cm³/mol. The predicted octanol–water partition coefficient (Wildman–Crippen LogP) is 5.53. The molecule has 0 atom stereocenters. The first-order valence-electron chi connectivity index (χ1n) is 8.99. The van der Waals surface area contributed by atoms with Crippen LogP contribution in [0.25, 0.3) is 11.0 Å². The second kappa shape index (κ2) is 9.52. The molecular formula is C20H20Cl2N4O2S. The van der Waals surface area contributed by atoms with E-state index in [-0.39, 0.29) is 5.91 Å². The van der Waals surface area contributed by atoms with Gasteiger partial charge in [0.15, 0.2) is 10.9 Å². The normalized spacial score (nSPS) is 11.5.